The molecule has 0 aromatic carbocycles. The molecule has 1 heterocycles. The van der Waals surface area contributed by atoms with E-state index in [1.807, 2.05) is 6.08 Å². The quantitative estimate of drug-likeness (QED) is 0.569. The first kappa shape index (κ1) is 9.37. The van der Waals surface area contributed by atoms with Gasteiger partial charge in [-0.1, -0.05) is 13.2 Å². The highest BCUT2D eigenvalue weighted by molar-refractivity contribution is 5.13. The van der Waals surface area contributed by atoms with E-state index < -0.39 is 0 Å². The number of rotatable bonds is 2. The van der Waals surface area contributed by atoms with Crippen molar-refractivity contribution in [3.63, 3.8) is 0 Å². The molecule has 1 saturated heterocycles. The summed E-state index contributed by atoms with van der Waals surface area (Å²) in [5.41, 5.74) is 1.35. The van der Waals surface area contributed by atoms with E-state index in [9.17, 15) is 0 Å². The van der Waals surface area contributed by atoms with Gasteiger partial charge in [-0.15, -0.1) is 0 Å². The Morgan fingerprint density at radius 1 is 1.42 bits per heavy atom. The first-order chi connectivity index (χ1) is 5.58. The molecular weight excluding hydrogens is 146 g/mol. The summed E-state index contributed by atoms with van der Waals surface area (Å²) in [5.74, 6) is 0. The lowest BCUT2D eigenvalue weighted by Crippen LogP contribution is -2.45. The Labute approximate surface area is 75.8 Å². The fourth-order valence-corrected chi connectivity index (χ4v) is 1.91. The summed E-state index contributed by atoms with van der Waals surface area (Å²) in [6.07, 6.45) is 5.75. The Balaban J connectivity index is 2.72. The second-order valence-corrected chi connectivity index (χ2v) is 4.12. The fraction of sp³-hybridized carbons (Fsp3) is 0.636. The second kappa shape index (κ2) is 3.34. The van der Waals surface area contributed by atoms with Crippen LogP contribution in [-0.2, 0) is 0 Å². The molecule has 0 radical (unpaired) electrons. The Morgan fingerprint density at radius 3 is 2.58 bits per heavy atom. The van der Waals surface area contributed by atoms with Gasteiger partial charge in [-0.3, -0.25) is 0 Å². The van der Waals surface area contributed by atoms with Crippen LogP contribution in [-0.4, -0.2) is 17.0 Å². The summed E-state index contributed by atoms with van der Waals surface area (Å²) >= 11 is 0. The van der Waals surface area contributed by atoms with Crippen LogP contribution in [0.25, 0.3) is 0 Å². The van der Waals surface area contributed by atoms with E-state index >= 15 is 0 Å². The largest absolute Gasteiger partial charge is 0.367 e. The smallest absolute Gasteiger partial charge is 0.0345 e. The molecule has 0 aromatic heterocycles. The maximum atomic E-state index is 4.00. The molecule has 68 valence electrons. The first-order valence-electron chi connectivity index (χ1n) is 4.67. The molecule has 0 saturated carbocycles. The van der Waals surface area contributed by atoms with Gasteiger partial charge in [-0.2, -0.15) is 0 Å². The van der Waals surface area contributed by atoms with Gasteiger partial charge in [-0.25, -0.2) is 0 Å². The normalized spacial score (nSPS) is 22.0. The molecule has 1 aliphatic rings. The van der Waals surface area contributed by atoms with E-state index in [1.165, 1.54) is 19.3 Å². The van der Waals surface area contributed by atoms with Crippen molar-refractivity contribution in [1.82, 2.24) is 4.90 Å². The van der Waals surface area contributed by atoms with E-state index in [1.54, 1.807) is 0 Å². The van der Waals surface area contributed by atoms with Gasteiger partial charge in [0.1, 0.15) is 0 Å². The molecule has 0 atom stereocenters. The van der Waals surface area contributed by atoms with E-state index in [4.69, 9.17) is 0 Å². The minimum atomic E-state index is 0.281. The molecule has 0 unspecified atom stereocenters. The molecule has 1 aliphatic heterocycles. The Hall–Kier alpha value is -0.720. The van der Waals surface area contributed by atoms with Crippen molar-refractivity contribution in [2.75, 3.05) is 6.54 Å². The number of allylic oxidation sites excluding steroid dienone is 1. The second-order valence-electron chi connectivity index (χ2n) is 4.12. The minimum Gasteiger partial charge on any atom is -0.367 e. The minimum absolute atomic E-state index is 0.281. The zero-order valence-electron chi connectivity index (χ0n) is 8.27. The van der Waals surface area contributed by atoms with Crippen molar-refractivity contribution < 1.29 is 0 Å². The molecular formula is C11H19N. The highest BCUT2D eigenvalue weighted by Crippen LogP contribution is 2.30. The molecule has 0 spiro atoms. The van der Waals surface area contributed by atoms with Gasteiger partial charge in [0.2, 0.25) is 0 Å². The molecule has 0 amide bonds. The molecule has 0 aromatic rings. The predicted octanol–water partition coefficient (Wildman–Crippen LogP) is 2.95. The van der Waals surface area contributed by atoms with Gasteiger partial charge in [0.25, 0.3) is 0 Å². The van der Waals surface area contributed by atoms with Crippen LogP contribution in [0.1, 0.15) is 33.1 Å². The van der Waals surface area contributed by atoms with Crippen molar-refractivity contribution >= 4 is 0 Å². The van der Waals surface area contributed by atoms with Gasteiger partial charge < -0.3 is 4.90 Å². The summed E-state index contributed by atoms with van der Waals surface area (Å²) in [7, 11) is 0. The Bertz CT molecular complexity index is 191. The molecule has 0 bridgehead atoms. The van der Waals surface area contributed by atoms with Crippen LogP contribution in [0.5, 0.6) is 0 Å². The summed E-state index contributed by atoms with van der Waals surface area (Å²) < 4.78 is 0. The summed E-state index contributed by atoms with van der Waals surface area (Å²) in [6, 6.07) is 0. The SMILES string of the molecule is C=CC(=C)N1CCCCC1(C)C. The zero-order chi connectivity index (χ0) is 9.19. The van der Waals surface area contributed by atoms with Crippen LogP contribution in [0, 0.1) is 0 Å². The fourth-order valence-electron chi connectivity index (χ4n) is 1.91. The van der Waals surface area contributed by atoms with Crippen LogP contribution in [0.3, 0.4) is 0 Å². The average molecular weight is 165 g/mol. The van der Waals surface area contributed by atoms with Crippen LogP contribution in [0.15, 0.2) is 24.9 Å². The van der Waals surface area contributed by atoms with Crippen molar-refractivity contribution in [2.45, 2.75) is 38.6 Å². The van der Waals surface area contributed by atoms with E-state index in [2.05, 4.69) is 31.9 Å². The van der Waals surface area contributed by atoms with Crippen LogP contribution < -0.4 is 0 Å². The standard InChI is InChI=1S/C11H19N/c1-5-10(2)12-9-7-6-8-11(12,3)4/h5H,1-2,6-9H2,3-4H3. The molecule has 1 heteroatoms. The monoisotopic (exact) mass is 165 g/mol. The predicted molar refractivity (Wildman–Crippen MR) is 54.0 cm³/mol. The maximum Gasteiger partial charge on any atom is 0.0345 e. The lowest BCUT2D eigenvalue weighted by Gasteiger charge is -2.44. The van der Waals surface area contributed by atoms with Gasteiger partial charge in [0.05, 0.1) is 0 Å². The number of likely N-dealkylation sites (tertiary alicyclic amines) is 1. The Morgan fingerprint density at radius 2 is 2.08 bits per heavy atom. The third-order valence-electron chi connectivity index (χ3n) is 2.73. The van der Waals surface area contributed by atoms with Crippen molar-refractivity contribution in [2.24, 2.45) is 0 Å². The lowest BCUT2D eigenvalue weighted by atomic mass is 9.90. The van der Waals surface area contributed by atoms with E-state index in [-0.39, 0.29) is 5.54 Å². The van der Waals surface area contributed by atoms with Crippen LogP contribution in [0.4, 0.5) is 0 Å². The van der Waals surface area contributed by atoms with Gasteiger partial charge >= 0.3 is 0 Å². The summed E-state index contributed by atoms with van der Waals surface area (Å²) in [6.45, 7) is 13.5. The molecule has 1 rings (SSSR count). The van der Waals surface area contributed by atoms with Crippen molar-refractivity contribution in [1.29, 1.82) is 0 Å². The van der Waals surface area contributed by atoms with E-state index in [0.29, 0.717) is 0 Å². The van der Waals surface area contributed by atoms with Gasteiger partial charge in [-0.05, 0) is 39.2 Å². The number of hydrogen-bond acceptors (Lipinski definition) is 1. The first-order valence-corrected chi connectivity index (χ1v) is 4.67. The van der Waals surface area contributed by atoms with Gasteiger partial charge in [0.15, 0.2) is 0 Å². The Kier molecular flexibility index (Phi) is 2.61. The third kappa shape index (κ3) is 1.71. The lowest BCUT2D eigenvalue weighted by molar-refractivity contribution is 0.121. The van der Waals surface area contributed by atoms with Crippen LogP contribution >= 0.6 is 0 Å². The summed E-state index contributed by atoms with van der Waals surface area (Å²) in [4.78, 5) is 2.36. The van der Waals surface area contributed by atoms with Crippen molar-refractivity contribution in [3.05, 3.63) is 24.9 Å². The molecule has 1 fully saturated rings. The summed E-state index contributed by atoms with van der Waals surface area (Å²) in [5, 5.41) is 0. The van der Waals surface area contributed by atoms with Crippen LogP contribution in [0.2, 0.25) is 0 Å². The molecule has 0 N–H and O–H groups in total. The highest BCUT2D eigenvalue weighted by atomic mass is 15.2. The zero-order valence-corrected chi connectivity index (χ0v) is 8.27. The number of hydrogen-bond donors (Lipinski definition) is 0. The van der Waals surface area contributed by atoms with Crippen molar-refractivity contribution in [3.8, 4) is 0 Å². The molecule has 12 heavy (non-hydrogen) atoms. The average Bonchev–Trinajstić information content (AvgIpc) is 2.02. The third-order valence-corrected chi connectivity index (χ3v) is 2.73. The highest BCUT2D eigenvalue weighted by Gasteiger charge is 2.29. The number of nitrogens with zero attached hydrogens (tertiary/aromatic N) is 1. The van der Waals surface area contributed by atoms with Gasteiger partial charge in [0, 0.05) is 17.8 Å². The molecule has 0 aliphatic carbocycles. The number of piperidine rings is 1. The maximum absolute atomic E-state index is 4.00. The van der Waals surface area contributed by atoms with E-state index in [0.717, 1.165) is 12.2 Å². The topological polar surface area (TPSA) is 3.24 Å². The molecule has 1 nitrogen and oxygen atoms in total.